The van der Waals surface area contributed by atoms with E-state index >= 15 is 0 Å². The van der Waals surface area contributed by atoms with Gasteiger partial charge in [0.15, 0.2) is 5.69 Å². The first-order valence-corrected chi connectivity index (χ1v) is 9.53. The molecule has 0 bridgehead atoms. The van der Waals surface area contributed by atoms with Gasteiger partial charge in [-0.05, 0) is 37.1 Å². The second-order valence-electron chi connectivity index (χ2n) is 6.94. The molecule has 1 saturated carbocycles. The highest BCUT2D eigenvalue weighted by atomic mass is 16.2. The van der Waals surface area contributed by atoms with Crippen molar-refractivity contribution in [1.29, 1.82) is 0 Å². The molecule has 0 atom stereocenters. The smallest absolute Gasteiger partial charge is 0.272 e. The zero-order valence-corrected chi connectivity index (χ0v) is 15.5. The first kappa shape index (κ1) is 18.0. The van der Waals surface area contributed by atoms with Gasteiger partial charge in [0.05, 0.1) is 5.69 Å². The van der Waals surface area contributed by atoms with Gasteiger partial charge in [-0.1, -0.05) is 49.2 Å². The highest BCUT2D eigenvalue weighted by molar-refractivity contribution is 6.04. The van der Waals surface area contributed by atoms with Crippen LogP contribution in [0.3, 0.4) is 0 Å². The number of carbonyl (C=O) groups is 2. The van der Waals surface area contributed by atoms with E-state index in [0.717, 1.165) is 31.4 Å². The van der Waals surface area contributed by atoms with Gasteiger partial charge in [-0.25, -0.2) is 4.68 Å². The average Bonchev–Trinajstić information content (AvgIpc) is 3.39. The van der Waals surface area contributed by atoms with Crippen LogP contribution in [0.15, 0.2) is 66.7 Å². The first-order valence-electron chi connectivity index (χ1n) is 9.53. The fourth-order valence-corrected chi connectivity index (χ4v) is 3.45. The van der Waals surface area contributed by atoms with E-state index in [-0.39, 0.29) is 17.9 Å². The second-order valence-corrected chi connectivity index (χ2v) is 6.94. The number of aromatic nitrogens is 2. The SMILES string of the molecule is O=C(Nc1cc(C(=O)NC2CCCC2)nn1-c1ccccc1)c1ccccc1. The average molecular weight is 374 g/mol. The third kappa shape index (κ3) is 3.96. The lowest BCUT2D eigenvalue weighted by molar-refractivity contribution is 0.0931. The van der Waals surface area contributed by atoms with Gasteiger partial charge in [-0.15, -0.1) is 0 Å². The van der Waals surface area contributed by atoms with Crippen LogP contribution in [0.25, 0.3) is 5.69 Å². The minimum atomic E-state index is -0.250. The number of benzene rings is 2. The van der Waals surface area contributed by atoms with Crippen LogP contribution >= 0.6 is 0 Å². The van der Waals surface area contributed by atoms with E-state index in [9.17, 15) is 9.59 Å². The standard InChI is InChI=1S/C22H22N4O2/c27-21(16-9-3-1-4-10-16)24-20-15-19(22(28)23-17-11-7-8-12-17)25-26(20)18-13-5-2-6-14-18/h1-6,9-10,13-15,17H,7-8,11-12H2,(H,23,28)(H,24,27). The number of nitrogens with one attached hydrogen (secondary N) is 2. The molecule has 142 valence electrons. The molecule has 4 rings (SSSR count). The Morgan fingerprint density at radius 1 is 0.893 bits per heavy atom. The lowest BCUT2D eigenvalue weighted by Gasteiger charge is -2.10. The van der Waals surface area contributed by atoms with Crippen molar-refractivity contribution < 1.29 is 9.59 Å². The van der Waals surface area contributed by atoms with Gasteiger partial charge >= 0.3 is 0 Å². The number of carbonyl (C=O) groups excluding carboxylic acids is 2. The summed E-state index contributed by atoms with van der Waals surface area (Å²) in [7, 11) is 0. The van der Waals surface area contributed by atoms with Crippen molar-refractivity contribution in [3.05, 3.63) is 78.0 Å². The van der Waals surface area contributed by atoms with E-state index in [2.05, 4.69) is 15.7 Å². The normalized spacial score (nSPS) is 14.0. The van der Waals surface area contributed by atoms with Gasteiger partial charge in [-0.3, -0.25) is 9.59 Å². The Kier molecular flexibility index (Phi) is 5.19. The van der Waals surface area contributed by atoms with Crippen LogP contribution < -0.4 is 10.6 Å². The maximum atomic E-state index is 12.7. The topological polar surface area (TPSA) is 76.0 Å². The molecule has 0 spiro atoms. The molecule has 3 aromatic rings. The Labute approximate surface area is 163 Å². The number of amides is 2. The summed E-state index contributed by atoms with van der Waals surface area (Å²) < 4.78 is 1.59. The van der Waals surface area contributed by atoms with Crippen LogP contribution in [-0.2, 0) is 0 Å². The molecule has 28 heavy (non-hydrogen) atoms. The number of nitrogens with zero attached hydrogens (tertiary/aromatic N) is 2. The number of anilines is 1. The summed E-state index contributed by atoms with van der Waals surface area (Å²) in [6, 6.07) is 20.2. The summed E-state index contributed by atoms with van der Waals surface area (Å²) in [6.07, 6.45) is 4.29. The zero-order chi connectivity index (χ0) is 19.3. The van der Waals surface area contributed by atoms with Crippen LogP contribution in [0.5, 0.6) is 0 Å². The highest BCUT2D eigenvalue weighted by Gasteiger charge is 2.22. The van der Waals surface area contributed by atoms with E-state index in [1.165, 1.54) is 0 Å². The fraction of sp³-hybridized carbons (Fsp3) is 0.227. The second kappa shape index (κ2) is 8.08. The van der Waals surface area contributed by atoms with E-state index in [0.29, 0.717) is 17.1 Å². The van der Waals surface area contributed by atoms with Crippen LogP contribution in [0.1, 0.15) is 46.5 Å². The molecule has 2 aromatic carbocycles. The van der Waals surface area contributed by atoms with Crippen LogP contribution in [0.2, 0.25) is 0 Å². The predicted molar refractivity (Wildman–Crippen MR) is 108 cm³/mol. The molecular weight excluding hydrogens is 352 g/mol. The van der Waals surface area contributed by atoms with Gasteiger partial charge in [0.2, 0.25) is 0 Å². The molecule has 1 heterocycles. The van der Waals surface area contributed by atoms with Crippen molar-refractivity contribution in [3.8, 4) is 5.69 Å². The van der Waals surface area contributed by atoms with E-state index in [1.54, 1.807) is 22.9 Å². The molecule has 1 aliphatic carbocycles. The number of hydrogen-bond donors (Lipinski definition) is 2. The largest absolute Gasteiger partial charge is 0.348 e. The van der Waals surface area contributed by atoms with Gasteiger partial charge in [0.25, 0.3) is 11.8 Å². The Bertz CT molecular complexity index is 961. The van der Waals surface area contributed by atoms with Gasteiger partial charge in [0, 0.05) is 17.7 Å². The van der Waals surface area contributed by atoms with Crippen molar-refractivity contribution >= 4 is 17.6 Å². The molecular formula is C22H22N4O2. The van der Waals surface area contributed by atoms with Crippen LogP contribution in [0, 0.1) is 0 Å². The maximum Gasteiger partial charge on any atom is 0.272 e. The minimum absolute atomic E-state index is 0.205. The Hall–Kier alpha value is -3.41. The summed E-state index contributed by atoms with van der Waals surface area (Å²) in [5, 5.41) is 10.4. The molecule has 0 aliphatic heterocycles. The van der Waals surface area contributed by atoms with Crippen molar-refractivity contribution in [2.75, 3.05) is 5.32 Å². The highest BCUT2D eigenvalue weighted by Crippen LogP contribution is 2.21. The quantitative estimate of drug-likeness (QED) is 0.713. The van der Waals surface area contributed by atoms with E-state index < -0.39 is 0 Å². The molecule has 0 saturated heterocycles. The summed E-state index contributed by atoms with van der Waals surface area (Å²) in [4.78, 5) is 25.3. The summed E-state index contributed by atoms with van der Waals surface area (Å²) in [6.45, 7) is 0. The van der Waals surface area contributed by atoms with Crippen molar-refractivity contribution in [1.82, 2.24) is 15.1 Å². The van der Waals surface area contributed by atoms with Gasteiger partial charge in [0.1, 0.15) is 5.82 Å². The minimum Gasteiger partial charge on any atom is -0.348 e. The van der Waals surface area contributed by atoms with Crippen LogP contribution in [-0.4, -0.2) is 27.6 Å². The molecule has 1 aromatic heterocycles. The Morgan fingerprint density at radius 3 is 2.21 bits per heavy atom. The van der Waals surface area contributed by atoms with Crippen molar-refractivity contribution in [2.45, 2.75) is 31.7 Å². The van der Waals surface area contributed by atoms with Crippen LogP contribution in [0.4, 0.5) is 5.82 Å². The molecule has 6 nitrogen and oxygen atoms in total. The van der Waals surface area contributed by atoms with Gasteiger partial charge < -0.3 is 10.6 Å². The summed E-state index contributed by atoms with van der Waals surface area (Å²) in [5.41, 5.74) is 1.60. The molecule has 0 radical (unpaired) electrons. The molecule has 6 heteroatoms. The Balaban J connectivity index is 1.62. The third-order valence-electron chi connectivity index (χ3n) is 4.91. The molecule has 2 amide bonds. The molecule has 1 aliphatic rings. The summed E-state index contributed by atoms with van der Waals surface area (Å²) >= 11 is 0. The lowest BCUT2D eigenvalue weighted by Crippen LogP contribution is -2.32. The molecule has 0 unspecified atom stereocenters. The Morgan fingerprint density at radius 2 is 1.54 bits per heavy atom. The van der Waals surface area contributed by atoms with Crippen molar-refractivity contribution in [2.24, 2.45) is 0 Å². The monoisotopic (exact) mass is 374 g/mol. The molecule has 2 N–H and O–H groups in total. The number of rotatable bonds is 5. The zero-order valence-electron chi connectivity index (χ0n) is 15.5. The first-order chi connectivity index (χ1) is 13.7. The van der Waals surface area contributed by atoms with E-state index in [4.69, 9.17) is 0 Å². The third-order valence-corrected chi connectivity index (χ3v) is 4.91. The van der Waals surface area contributed by atoms with Crippen molar-refractivity contribution in [3.63, 3.8) is 0 Å². The lowest BCUT2D eigenvalue weighted by atomic mass is 10.2. The molecule has 1 fully saturated rings. The van der Waals surface area contributed by atoms with E-state index in [1.807, 2.05) is 48.5 Å². The predicted octanol–water partition coefficient (Wildman–Crippen LogP) is 3.80. The number of para-hydroxylation sites is 1. The maximum absolute atomic E-state index is 12.7. The fourth-order valence-electron chi connectivity index (χ4n) is 3.45. The summed E-state index contributed by atoms with van der Waals surface area (Å²) in [5.74, 6) is -0.00570. The van der Waals surface area contributed by atoms with Gasteiger partial charge in [-0.2, -0.15) is 5.10 Å². The number of hydrogen-bond acceptors (Lipinski definition) is 3.